The molecule has 0 saturated carbocycles. The fourth-order valence-electron chi connectivity index (χ4n) is 3.81. The largest absolute Gasteiger partial charge is 0.490 e. The Morgan fingerprint density at radius 2 is 1.81 bits per heavy atom. The lowest BCUT2D eigenvalue weighted by atomic mass is 10.1. The third kappa shape index (κ3) is 5.86. The van der Waals surface area contributed by atoms with E-state index in [1.807, 2.05) is 44.2 Å². The Morgan fingerprint density at radius 3 is 2.61 bits per heavy atom. The molecule has 0 aliphatic carbocycles. The molecule has 0 aliphatic rings. The fourth-order valence-corrected chi connectivity index (χ4v) is 3.98. The summed E-state index contributed by atoms with van der Waals surface area (Å²) in [6.45, 7) is 4.56. The van der Waals surface area contributed by atoms with Crippen LogP contribution in [0.1, 0.15) is 23.6 Å². The predicted octanol–water partition coefficient (Wildman–Crippen LogP) is 7.33. The summed E-state index contributed by atoms with van der Waals surface area (Å²) in [6.07, 6.45) is 1.52. The molecule has 0 aromatic heterocycles. The summed E-state index contributed by atoms with van der Waals surface area (Å²) in [5.41, 5.74) is 3.07. The number of nitrogens with one attached hydrogen (secondary N) is 1. The van der Waals surface area contributed by atoms with Crippen LogP contribution in [0.25, 0.3) is 16.8 Å². The van der Waals surface area contributed by atoms with Crippen LogP contribution in [0.5, 0.6) is 11.5 Å². The van der Waals surface area contributed by atoms with Crippen molar-refractivity contribution in [1.82, 2.24) is 0 Å². The Balaban J connectivity index is 1.55. The molecule has 0 spiro atoms. The van der Waals surface area contributed by atoms with Gasteiger partial charge in [0.25, 0.3) is 5.91 Å². The Morgan fingerprint density at radius 1 is 1.00 bits per heavy atom. The first-order chi connectivity index (χ1) is 17.5. The van der Waals surface area contributed by atoms with Gasteiger partial charge in [0.1, 0.15) is 18.2 Å². The van der Waals surface area contributed by atoms with E-state index >= 15 is 0 Å². The van der Waals surface area contributed by atoms with E-state index in [1.54, 1.807) is 36.4 Å². The van der Waals surface area contributed by atoms with Crippen molar-refractivity contribution in [3.63, 3.8) is 0 Å². The van der Waals surface area contributed by atoms with Crippen molar-refractivity contribution in [3.05, 3.63) is 106 Å². The molecule has 0 unspecified atom stereocenters. The number of ether oxygens (including phenoxy) is 2. The Kier molecular flexibility index (Phi) is 7.89. The van der Waals surface area contributed by atoms with Gasteiger partial charge in [0.15, 0.2) is 11.5 Å². The quantitative estimate of drug-likeness (QED) is 0.205. The summed E-state index contributed by atoms with van der Waals surface area (Å²) in [5, 5.41) is 15.2. The lowest BCUT2D eigenvalue weighted by Crippen LogP contribution is -2.14. The van der Waals surface area contributed by atoms with Gasteiger partial charge in [-0.3, -0.25) is 4.79 Å². The molecule has 4 aromatic rings. The molecule has 1 amide bonds. The highest BCUT2D eigenvalue weighted by Crippen LogP contribution is 2.31. The minimum absolute atomic E-state index is 0.0405. The van der Waals surface area contributed by atoms with Gasteiger partial charge in [-0.15, -0.1) is 0 Å². The van der Waals surface area contributed by atoms with Crippen LogP contribution >= 0.6 is 11.6 Å². The number of amides is 1. The molecule has 0 fully saturated rings. The average Bonchev–Trinajstić information content (AvgIpc) is 2.89. The van der Waals surface area contributed by atoms with Crippen LogP contribution in [-0.4, -0.2) is 12.5 Å². The molecule has 4 rings (SSSR count). The maximum absolute atomic E-state index is 12.8. The highest BCUT2D eigenvalue weighted by atomic mass is 35.5. The van der Waals surface area contributed by atoms with E-state index in [9.17, 15) is 10.1 Å². The van der Waals surface area contributed by atoms with Crippen LogP contribution in [0.3, 0.4) is 0 Å². The van der Waals surface area contributed by atoms with Crippen LogP contribution in [0, 0.1) is 18.3 Å². The monoisotopic (exact) mass is 496 g/mol. The van der Waals surface area contributed by atoms with Gasteiger partial charge >= 0.3 is 0 Å². The number of aryl methyl sites for hydroxylation is 1. The summed E-state index contributed by atoms with van der Waals surface area (Å²) in [4.78, 5) is 12.8. The number of halogens is 1. The number of nitrogens with zero attached hydrogens (tertiary/aromatic N) is 1. The van der Waals surface area contributed by atoms with Crippen molar-refractivity contribution >= 4 is 40.0 Å². The number of hydrogen-bond acceptors (Lipinski definition) is 4. The van der Waals surface area contributed by atoms with Gasteiger partial charge in [0.2, 0.25) is 0 Å². The molecule has 4 aromatic carbocycles. The zero-order valence-corrected chi connectivity index (χ0v) is 20.8. The molecule has 0 heterocycles. The van der Waals surface area contributed by atoms with Gasteiger partial charge in [0, 0.05) is 10.7 Å². The van der Waals surface area contributed by atoms with Crippen LogP contribution < -0.4 is 14.8 Å². The Bertz CT molecular complexity index is 1480. The standard InChI is InChI=1S/C30H25ClN2O3/c1-3-35-29-16-21(15-24(18-32)30(34)33-27-17-25(31)13-11-20(27)2)12-14-28(29)36-19-23-9-6-8-22-7-4-5-10-26(22)23/h4-17H,3,19H2,1-2H3,(H,33,34)/b24-15+. The van der Waals surface area contributed by atoms with Crippen molar-refractivity contribution in [1.29, 1.82) is 5.26 Å². The van der Waals surface area contributed by atoms with Crippen LogP contribution in [-0.2, 0) is 11.4 Å². The number of hydrogen-bond donors (Lipinski definition) is 1. The summed E-state index contributed by atoms with van der Waals surface area (Å²) in [6, 6.07) is 26.8. The molecule has 6 heteroatoms. The minimum atomic E-state index is -0.517. The highest BCUT2D eigenvalue weighted by Gasteiger charge is 2.13. The Labute approximate surface area is 215 Å². The van der Waals surface area contributed by atoms with Crippen molar-refractivity contribution in [2.24, 2.45) is 0 Å². The number of nitriles is 1. The third-order valence-electron chi connectivity index (χ3n) is 5.65. The van der Waals surface area contributed by atoms with E-state index in [0.717, 1.165) is 21.9 Å². The maximum atomic E-state index is 12.8. The van der Waals surface area contributed by atoms with Crippen LogP contribution in [0.4, 0.5) is 5.69 Å². The van der Waals surface area contributed by atoms with Crippen molar-refractivity contribution in [2.45, 2.75) is 20.5 Å². The summed E-state index contributed by atoms with van der Waals surface area (Å²) in [5.74, 6) is 0.603. The fraction of sp³-hybridized carbons (Fsp3) is 0.133. The van der Waals surface area contributed by atoms with Crippen LogP contribution in [0.15, 0.2) is 84.4 Å². The number of benzene rings is 4. The lowest BCUT2D eigenvalue weighted by Gasteiger charge is -2.14. The van der Waals surface area contributed by atoms with E-state index in [0.29, 0.717) is 41.0 Å². The smallest absolute Gasteiger partial charge is 0.266 e. The highest BCUT2D eigenvalue weighted by molar-refractivity contribution is 6.31. The molecule has 0 atom stereocenters. The van der Waals surface area contributed by atoms with Crippen molar-refractivity contribution in [3.8, 4) is 17.6 Å². The maximum Gasteiger partial charge on any atom is 0.266 e. The second-order valence-electron chi connectivity index (χ2n) is 8.15. The third-order valence-corrected chi connectivity index (χ3v) is 5.89. The van der Waals surface area contributed by atoms with E-state index in [-0.39, 0.29) is 5.57 Å². The molecular formula is C30H25ClN2O3. The first kappa shape index (κ1) is 24.8. The predicted molar refractivity (Wildman–Crippen MR) is 144 cm³/mol. The van der Waals surface area contributed by atoms with E-state index in [2.05, 4.69) is 23.5 Å². The van der Waals surface area contributed by atoms with Crippen LogP contribution in [0.2, 0.25) is 5.02 Å². The first-order valence-corrected chi connectivity index (χ1v) is 11.9. The number of rotatable bonds is 8. The number of carbonyl (C=O) groups excluding carboxylic acids is 1. The Hall–Kier alpha value is -4.27. The van der Waals surface area contributed by atoms with Crippen molar-refractivity contribution < 1.29 is 14.3 Å². The van der Waals surface area contributed by atoms with E-state index in [4.69, 9.17) is 21.1 Å². The van der Waals surface area contributed by atoms with Gasteiger partial charge in [-0.05, 0) is 71.7 Å². The normalized spacial score (nSPS) is 11.1. The zero-order chi connectivity index (χ0) is 25.5. The summed E-state index contributed by atoms with van der Waals surface area (Å²) in [7, 11) is 0. The van der Waals surface area contributed by atoms with Gasteiger partial charge in [-0.2, -0.15) is 5.26 Å². The van der Waals surface area contributed by atoms with Gasteiger partial charge in [-0.25, -0.2) is 0 Å². The molecule has 36 heavy (non-hydrogen) atoms. The van der Waals surface area contributed by atoms with Gasteiger partial charge in [0.05, 0.1) is 6.61 Å². The molecular weight excluding hydrogens is 472 g/mol. The second kappa shape index (κ2) is 11.4. The summed E-state index contributed by atoms with van der Waals surface area (Å²) < 4.78 is 11.9. The molecule has 0 aliphatic heterocycles. The number of anilines is 1. The average molecular weight is 497 g/mol. The summed E-state index contributed by atoms with van der Waals surface area (Å²) >= 11 is 6.04. The minimum Gasteiger partial charge on any atom is -0.490 e. The zero-order valence-electron chi connectivity index (χ0n) is 20.0. The SMILES string of the molecule is CCOc1cc(/C=C(\C#N)C(=O)Nc2cc(Cl)ccc2C)ccc1OCc1cccc2ccccc12. The second-order valence-corrected chi connectivity index (χ2v) is 8.59. The van der Waals surface area contributed by atoms with E-state index in [1.165, 1.54) is 6.08 Å². The van der Waals surface area contributed by atoms with Gasteiger partial charge in [-0.1, -0.05) is 66.2 Å². The topological polar surface area (TPSA) is 71.3 Å². The number of fused-ring (bicyclic) bond motifs is 1. The molecule has 0 bridgehead atoms. The molecule has 5 nitrogen and oxygen atoms in total. The molecule has 1 N–H and O–H groups in total. The van der Waals surface area contributed by atoms with Gasteiger partial charge < -0.3 is 14.8 Å². The van der Waals surface area contributed by atoms with E-state index < -0.39 is 5.91 Å². The lowest BCUT2D eigenvalue weighted by molar-refractivity contribution is -0.112. The molecule has 0 saturated heterocycles. The molecule has 180 valence electrons. The molecule has 0 radical (unpaired) electrons. The number of carbonyl (C=O) groups is 1. The first-order valence-electron chi connectivity index (χ1n) is 11.5. The van der Waals surface area contributed by atoms with Crippen molar-refractivity contribution in [2.75, 3.05) is 11.9 Å².